The summed E-state index contributed by atoms with van der Waals surface area (Å²) in [6.07, 6.45) is 4.19. The summed E-state index contributed by atoms with van der Waals surface area (Å²) in [6, 6.07) is 9.68. The number of rotatable bonds is 5. The van der Waals surface area contributed by atoms with Gasteiger partial charge in [0.15, 0.2) is 0 Å². The topological polar surface area (TPSA) is 48.1 Å². The molecule has 0 amide bonds. The van der Waals surface area contributed by atoms with Crippen LogP contribution in [0.3, 0.4) is 0 Å². The molecule has 2 aromatic rings. The lowest BCUT2D eigenvalue weighted by atomic mass is 10.0. The predicted octanol–water partition coefficient (Wildman–Crippen LogP) is 3.72. The fraction of sp³-hybridized carbons (Fsp3) is 0.267. The average Bonchev–Trinajstić information content (AvgIpc) is 2.46. The highest BCUT2D eigenvalue weighted by molar-refractivity contribution is 6.31. The third-order valence-electron chi connectivity index (χ3n) is 3.00. The van der Waals surface area contributed by atoms with Gasteiger partial charge in [-0.25, -0.2) is 0 Å². The Morgan fingerprint density at radius 1 is 1.32 bits per heavy atom. The van der Waals surface area contributed by atoms with Crippen LogP contribution in [0, 0.1) is 0 Å². The third kappa shape index (κ3) is 3.46. The number of aromatic nitrogens is 1. The summed E-state index contributed by atoms with van der Waals surface area (Å²) in [6.45, 7) is 2.47. The van der Waals surface area contributed by atoms with Crippen molar-refractivity contribution >= 4 is 11.6 Å². The maximum Gasteiger partial charge on any atom is 0.124 e. The highest BCUT2D eigenvalue weighted by atomic mass is 35.5. The van der Waals surface area contributed by atoms with E-state index in [1.165, 1.54) is 0 Å². The Labute approximate surface area is 118 Å². The van der Waals surface area contributed by atoms with E-state index < -0.39 is 0 Å². The summed E-state index contributed by atoms with van der Waals surface area (Å²) >= 11 is 6.05. The van der Waals surface area contributed by atoms with Gasteiger partial charge in [0.2, 0.25) is 0 Å². The molecule has 0 aliphatic rings. The van der Waals surface area contributed by atoms with Crippen molar-refractivity contribution in [3.63, 3.8) is 0 Å². The van der Waals surface area contributed by atoms with Crippen molar-refractivity contribution in [1.82, 2.24) is 4.98 Å². The summed E-state index contributed by atoms with van der Waals surface area (Å²) in [7, 11) is 0. The molecule has 0 unspecified atom stereocenters. The molecular weight excluding hydrogens is 260 g/mol. The summed E-state index contributed by atoms with van der Waals surface area (Å²) < 4.78 is 5.83. The van der Waals surface area contributed by atoms with Crippen LogP contribution in [0.4, 0.5) is 0 Å². The first-order valence-corrected chi connectivity index (χ1v) is 6.66. The van der Waals surface area contributed by atoms with Crippen LogP contribution in [0.25, 0.3) is 0 Å². The van der Waals surface area contributed by atoms with Crippen LogP contribution in [0.15, 0.2) is 42.7 Å². The van der Waals surface area contributed by atoms with E-state index in [9.17, 15) is 0 Å². The molecule has 1 aromatic heterocycles. The van der Waals surface area contributed by atoms with Gasteiger partial charge in [-0.3, -0.25) is 4.98 Å². The summed E-state index contributed by atoms with van der Waals surface area (Å²) in [5, 5.41) is 0.611. The SMILES string of the molecule is CC[C@@H](N)c1ccccc1OCc1ccncc1Cl. The van der Waals surface area contributed by atoms with E-state index in [4.69, 9.17) is 22.1 Å². The Kier molecular flexibility index (Phi) is 4.77. The normalized spacial score (nSPS) is 12.2. The van der Waals surface area contributed by atoms with Crippen LogP contribution in [0.1, 0.15) is 30.5 Å². The largest absolute Gasteiger partial charge is 0.489 e. The number of ether oxygens (including phenoxy) is 1. The van der Waals surface area contributed by atoms with E-state index in [0.29, 0.717) is 11.6 Å². The molecule has 0 saturated heterocycles. The zero-order chi connectivity index (χ0) is 13.7. The lowest BCUT2D eigenvalue weighted by molar-refractivity contribution is 0.300. The first-order chi connectivity index (χ1) is 9.22. The molecule has 0 fully saturated rings. The Morgan fingerprint density at radius 2 is 2.11 bits per heavy atom. The van der Waals surface area contributed by atoms with E-state index in [0.717, 1.165) is 23.3 Å². The first kappa shape index (κ1) is 13.8. The van der Waals surface area contributed by atoms with Crippen molar-refractivity contribution in [2.75, 3.05) is 0 Å². The molecule has 1 aromatic carbocycles. The van der Waals surface area contributed by atoms with Gasteiger partial charge in [0.25, 0.3) is 0 Å². The average molecular weight is 277 g/mol. The molecular formula is C15H17ClN2O. The Balaban J connectivity index is 2.14. The number of nitrogens with zero attached hydrogens (tertiary/aromatic N) is 1. The molecule has 0 bridgehead atoms. The minimum atomic E-state index is -0.0101. The molecule has 0 aliphatic heterocycles. The molecule has 1 heterocycles. The highest BCUT2D eigenvalue weighted by Gasteiger charge is 2.10. The van der Waals surface area contributed by atoms with Crippen LogP contribution >= 0.6 is 11.6 Å². The van der Waals surface area contributed by atoms with Gasteiger partial charge in [-0.2, -0.15) is 0 Å². The number of halogens is 1. The van der Waals surface area contributed by atoms with Gasteiger partial charge in [-0.05, 0) is 18.6 Å². The summed E-state index contributed by atoms with van der Waals surface area (Å²) in [4.78, 5) is 3.95. The maximum absolute atomic E-state index is 6.08. The number of hydrogen-bond acceptors (Lipinski definition) is 3. The second-order valence-electron chi connectivity index (χ2n) is 4.31. The Bertz CT molecular complexity index is 545. The van der Waals surface area contributed by atoms with E-state index in [1.807, 2.05) is 30.3 Å². The van der Waals surface area contributed by atoms with Crippen molar-refractivity contribution in [3.05, 3.63) is 58.9 Å². The van der Waals surface area contributed by atoms with Gasteiger partial charge < -0.3 is 10.5 Å². The second-order valence-corrected chi connectivity index (χ2v) is 4.72. The quantitative estimate of drug-likeness (QED) is 0.905. The van der Waals surface area contributed by atoms with E-state index in [1.54, 1.807) is 12.4 Å². The first-order valence-electron chi connectivity index (χ1n) is 6.28. The van der Waals surface area contributed by atoms with Gasteiger partial charge in [0, 0.05) is 29.6 Å². The van der Waals surface area contributed by atoms with Crippen LogP contribution < -0.4 is 10.5 Å². The van der Waals surface area contributed by atoms with Crippen molar-refractivity contribution in [2.24, 2.45) is 5.73 Å². The molecule has 0 spiro atoms. The molecule has 0 aliphatic carbocycles. The molecule has 2 rings (SSSR count). The second kappa shape index (κ2) is 6.55. The fourth-order valence-corrected chi connectivity index (χ4v) is 1.99. The standard InChI is InChI=1S/C15H17ClN2O/c1-2-14(17)12-5-3-4-6-15(12)19-10-11-7-8-18-9-13(11)16/h3-9,14H,2,10,17H2,1H3/t14-/m1/s1. The fourth-order valence-electron chi connectivity index (χ4n) is 1.81. The van der Waals surface area contributed by atoms with Crippen molar-refractivity contribution in [3.8, 4) is 5.75 Å². The van der Waals surface area contributed by atoms with Gasteiger partial charge in [-0.1, -0.05) is 36.7 Å². The number of nitrogens with two attached hydrogens (primary N) is 1. The Morgan fingerprint density at radius 3 is 2.84 bits per heavy atom. The van der Waals surface area contributed by atoms with Gasteiger partial charge >= 0.3 is 0 Å². The zero-order valence-electron chi connectivity index (χ0n) is 10.8. The van der Waals surface area contributed by atoms with Crippen LogP contribution in [0.5, 0.6) is 5.75 Å². The van der Waals surface area contributed by atoms with E-state index in [2.05, 4.69) is 11.9 Å². The predicted molar refractivity (Wildman–Crippen MR) is 77.2 cm³/mol. The molecule has 19 heavy (non-hydrogen) atoms. The molecule has 3 nitrogen and oxygen atoms in total. The minimum absolute atomic E-state index is 0.0101. The third-order valence-corrected chi connectivity index (χ3v) is 3.34. The monoisotopic (exact) mass is 276 g/mol. The number of para-hydroxylation sites is 1. The smallest absolute Gasteiger partial charge is 0.124 e. The van der Waals surface area contributed by atoms with Crippen LogP contribution in [0.2, 0.25) is 5.02 Å². The number of benzene rings is 1. The molecule has 100 valence electrons. The number of hydrogen-bond donors (Lipinski definition) is 1. The molecule has 4 heteroatoms. The van der Waals surface area contributed by atoms with Crippen molar-refractivity contribution in [1.29, 1.82) is 0 Å². The van der Waals surface area contributed by atoms with Crippen LogP contribution in [-0.4, -0.2) is 4.98 Å². The van der Waals surface area contributed by atoms with Crippen molar-refractivity contribution in [2.45, 2.75) is 26.0 Å². The minimum Gasteiger partial charge on any atom is -0.489 e. The maximum atomic E-state index is 6.08. The number of pyridine rings is 1. The lowest BCUT2D eigenvalue weighted by Gasteiger charge is -2.15. The highest BCUT2D eigenvalue weighted by Crippen LogP contribution is 2.26. The van der Waals surface area contributed by atoms with Crippen LogP contribution in [-0.2, 0) is 6.61 Å². The van der Waals surface area contributed by atoms with Gasteiger partial charge in [-0.15, -0.1) is 0 Å². The van der Waals surface area contributed by atoms with E-state index >= 15 is 0 Å². The molecule has 0 radical (unpaired) electrons. The summed E-state index contributed by atoms with van der Waals surface area (Å²) in [5.41, 5.74) is 8.01. The molecule has 0 saturated carbocycles. The van der Waals surface area contributed by atoms with E-state index in [-0.39, 0.29) is 6.04 Å². The lowest BCUT2D eigenvalue weighted by Crippen LogP contribution is -2.10. The molecule has 2 N–H and O–H groups in total. The van der Waals surface area contributed by atoms with Crippen molar-refractivity contribution < 1.29 is 4.74 Å². The van der Waals surface area contributed by atoms with Gasteiger partial charge in [0.05, 0.1) is 5.02 Å². The zero-order valence-corrected chi connectivity index (χ0v) is 11.6. The summed E-state index contributed by atoms with van der Waals surface area (Å²) in [5.74, 6) is 0.810. The van der Waals surface area contributed by atoms with Gasteiger partial charge in [0.1, 0.15) is 12.4 Å². The Hall–Kier alpha value is -1.58. The molecule has 1 atom stereocenters.